The lowest BCUT2D eigenvalue weighted by Crippen LogP contribution is -2.17. The molecule has 2 aromatic carbocycles. The molecule has 5 nitrogen and oxygen atoms in total. The Morgan fingerprint density at radius 1 is 1.10 bits per heavy atom. The Morgan fingerprint density at radius 3 is 2.33 bits per heavy atom. The molecule has 2 rings (SSSR count). The highest BCUT2D eigenvalue weighted by Crippen LogP contribution is 2.20. The maximum Gasteiger partial charge on any atom is 0.339 e. The van der Waals surface area contributed by atoms with Crippen molar-refractivity contribution < 1.29 is 22.3 Å². The van der Waals surface area contributed by atoms with Gasteiger partial charge in [-0.1, -0.05) is 12.1 Å². The van der Waals surface area contributed by atoms with E-state index in [1.807, 2.05) is 0 Å². The van der Waals surface area contributed by atoms with Gasteiger partial charge in [0.25, 0.3) is 10.0 Å². The van der Waals surface area contributed by atoms with Crippen molar-refractivity contribution in [3.63, 3.8) is 0 Å². The van der Waals surface area contributed by atoms with E-state index in [4.69, 9.17) is 0 Å². The molecule has 0 saturated carbocycles. The molecule has 2 aromatic rings. The molecular weight excluding hydrogens is 297 g/mol. The van der Waals surface area contributed by atoms with Crippen LogP contribution in [0.5, 0.6) is 0 Å². The predicted molar refractivity (Wildman–Crippen MR) is 75.0 cm³/mol. The minimum atomic E-state index is -3.99. The lowest BCUT2D eigenvalue weighted by Gasteiger charge is -2.11. The van der Waals surface area contributed by atoms with E-state index >= 15 is 0 Å². The van der Waals surface area contributed by atoms with Crippen LogP contribution in [0.4, 0.5) is 10.1 Å². The van der Waals surface area contributed by atoms with Gasteiger partial charge in [-0.25, -0.2) is 17.6 Å². The van der Waals surface area contributed by atoms with Gasteiger partial charge in [-0.3, -0.25) is 4.72 Å². The monoisotopic (exact) mass is 309 g/mol. The van der Waals surface area contributed by atoms with Crippen LogP contribution in [0.1, 0.15) is 10.4 Å². The van der Waals surface area contributed by atoms with Crippen molar-refractivity contribution in [1.82, 2.24) is 0 Å². The Labute approximate surface area is 121 Å². The number of benzene rings is 2. The molecular formula is C14H12FNO4S. The molecule has 0 fully saturated rings. The molecule has 0 amide bonds. The number of rotatable bonds is 4. The highest BCUT2D eigenvalue weighted by molar-refractivity contribution is 7.92. The Hall–Kier alpha value is -2.41. The molecule has 0 saturated heterocycles. The first-order chi connectivity index (χ1) is 9.94. The molecule has 0 aliphatic carbocycles. The largest absolute Gasteiger partial charge is 0.465 e. The number of hydrogen-bond donors (Lipinski definition) is 1. The lowest BCUT2D eigenvalue weighted by molar-refractivity contribution is 0.0596. The second kappa shape index (κ2) is 5.92. The third kappa shape index (κ3) is 3.38. The summed E-state index contributed by atoms with van der Waals surface area (Å²) in [6.45, 7) is 0. The summed E-state index contributed by atoms with van der Waals surface area (Å²) in [5.74, 6) is -1.23. The number of hydrogen-bond acceptors (Lipinski definition) is 4. The molecule has 0 heterocycles. The van der Waals surface area contributed by atoms with Gasteiger partial charge in [-0.2, -0.15) is 0 Å². The molecule has 0 radical (unpaired) electrons. The first-order valence-corrected chi connectivity index (χ1v) is 7.38. The van der Waals surface area contributed by atoms with Crippen LogP contribution in [0.15, 0.2) is 53.4 Å². The topological polar surface area (TPSA) is 72.5 Å². The Balaban J connectivity index is 2.40. The number of halogens is 1. The van der Waals surface area contributed by atoms with Gasteiger partial charge in [0.1, 0.15) is 10.7 Å². The predicted octanol–water partition coefficient (Wildman–Crippen LogP) is 2.41. The van der Waals surface area contributed by atoms with Gasteiger partial charge in [0.2, 0.25) is 0 Å². The zero-order chi connectivity index (χ0) is 15.5. The molecule has 0 aliphatic rings. The molecule has 0 unspecified atom stereocenters. The maximum absolute atomic E-state index is 12.8. The molecule has 0 aromatic heterocycles. The standard InChI is InChI=1S/C14H12FNO4S/c1-20-14(17)12-4-2-3-5-13(12)21(18,19)16-11-8-6-10(15)7-9-11/h2-9,16H,1H3. The van der Waals surface area contributed by atoms with E-state index in [1.165, 1.54) is 43.5 Å². The minimum Gasteiger partial charge on any atom is -0.465 e. The summed E-state index contributed by atoms with van der Waals surface area (Å²) in [6.07, 6.45) is 0. The third-order valence-corrected chi connectivity index (χ3v) is 4.12. The van der Waals surface area contributed by atoms with Crippen molar-refractivity contribution in [2.24, 2.45) is 0 Å². The fraction of sp³-hybridized carbons (Fsp3) is 0.0714. The van der Waals surface area contributed by atoms with Crippen molar-refractivity contribution in [3.05, 3.63) is 59.9 Å². The van der Waals surface area contributed by atoms with Crippen LogP contribution >= 0.6 is 0 Å². The molecule has 110 valence electrons. The van der Waals surface area contributed by atoms with Gasteiger partial charge in [-0.15, -0.1) is 0 Å². The van der Waals surface area contributed by atoms with E-state index < -0.39 is 21.8 Å². The van der Waals surface area contributed by atoms with Gasteiger partial charge in [0.15, 0.2) is 0 Å². The van der Waals surface area contributed by atoms with Crippen molar-refractivity contribution in [1.29, 1.82) is 0 Å². The van der Waals surface area contributed by atoms with Gasteiger partial charge in [-0.05, 0) is 36.4 Å². The van der Waals surface area contributed by atoms with Gasteiger partial charge in [0, 0.05) is 5.69 Å². The van der Waals surface area contributed by atoms with Gasteiger partial charge in [0.05, 0.1) is 12.7 Å². The number of esters is 1. The van der Waals surface area contributed by atoms with Crippen LogP contribution < -0.4 is 4.72 Å². The average Bonchev–Trinajstić information content (AvgIpc) is 2.48. The van der Waals surface area contributed by atoms with Crippen LogP contribution in [0.2, 0.25) is 0 Å². The van der Waals surface area contributed by atoms with Crippen LogP contribution in [-0.4, -0.2) is 21.5 Å². The van der Waals surface area contributed by atoms with Crippen LogP contribution in [0.25, 0.3) is 0 Å². The molecule has 1 N–H and O–H groups in total. The first kappa shape index (κ1) is 15.0. The molecule has 0 aliphatic heterocycles. The Morgan fingerprint density at radius 2 is 1.71 bits per heavy atom. The summed E-state index contributed by atoms with van der Waals surface area (Å²) in [6, 6.07) is 10.5. The summed E-state index contributed by atoms with van der Waals surface area (Å²) in [5.41, 5.74) is 0.116. The smallest absolute Gasteiger partial charge is 0.339 e. The summed E-state index contributed by atoms with van der Waals surface area (Å²) in [5, 5.41) is 0. The van der Waals surface area contributed by atoms with Crippen molar-refractivity contribution >= 4 is 21.7 Å². The number of nitrogens with one attached hydrogen (secondary N) is 1. The molecule has 7 heteroatoms. The number of ether oxygens (including phenoxy) is 1. The van der Waals surface area contributed by atoms with E-state index in [0.29, 0.717) is 0 Å². The Kier molecular flexibility index (Phi) is 4.23. The summed E-state index contributed by atoms with van der Waals surface area (Å²) >= 11 is 0. The number of sulfonamides is 1. The highest BCUT2D eigenvalue weighted by Gasteiger charge is 2.22. The van der Waals surface area contributed by atoms with Crippen LogP contribution in [0.3, 0.4) is 0 Å². The van der Waals surface area contributed by atoms with E-state index in [0.717, 1.165) is 12.1 Å². The van der Waals surface area contributed by atoms with E-state index in [2.05, 4.69) is 9.46 Å². The normalized spacial score (nSPS) is 11.0. The molecule has 21 heavy (non-hydrogen) atoms. The molecule has 0 spiro atoms. The fourth-order valence-corrected chi connectivity index (χ4v) is 2.96. The molecule has 0 atom stereocenters. The minimum absolute atomic E-state index is 0.0744. The van der Waals surface area contributed by atoms with E-state index in [-0.39, 0.29) is 16.1 Å². The van der Waals surface area contributed by atoms with E-state index in [9.17, 15) is 17.6 Å². The zero-order valence-corrected chi connectivity index (χ0v) is 11.9. The maximum atomic E-state index is 12.8. The zero-order valence-electron chi connectivity index (χ0n) is 11.0. The summed E-state index contributed by atoms with van der Waals surface area (Å²) in [7, 11) is -2.82. The second-order valence-corrected chi connectivity index (χ2v) is 5.75. The number of anilines is 1. The van der Waals surface area contributed by atoms with Crippen molar-refractivity contribution in [2.75, 3.05) is 11.8 Å². The number of methoxy groups -OCH3 is 1. The second-order valence-electron chi connectivity index (χ2n) is 4.10. The fourth-order valence-electron chi connectivity index (χ4n) is 1.71. The van der Waals surface area contributed by atoms with Crippen molar-refractivity contribution in [3.8, 4) is 0 Å². The lowest BCUT2D eigenvalue weighted by atomic mass is 10.2. The summed E-state index contributed by atoms with van der Waals surface area (Å²) in [4.78, 5) is 11.4. The van der Waals surface area contributed by atoms with Gasteiger partial charge >= 0.3 is 5.97 Å². The van der Waals surface area contributed by atoms with Crippen LogP contribution in [0, 0.1) is 5.82 Å². The third-order valence-electron chi connectivity index (χ3n) is 2.68. The number of carbonyl (C=O) groups excluding carboxylic acids is 1. The van der Waals surface area contributed by atoms with Crippen LogP contribution in [-0.2, 0) is 14.8 Å². The Bertz CT molecular complexity index is 757. The van der Waals surface area contributed by atoms with Crippen molar-refractivity contribution in [2.45, 2.75) is 4.90 Å². The molecule has 0 bridgehead atoms. The SMILES string of the molecule is COC(=O)c1ccccc1S(=O)(=O)Nc1ccc(F)cc1. The quantitative estimate of drug-likeness (QED) is 0.880. The van der Waals surface area contributed by atoms with Gasteiger partial charge < -0.3 is 4.74 Å². The highest BCUT2D eigenvalue weighted by atomic mass is 32.2. The first-order valence-electron chi connectivity index (χ1n) is 5.90. The average molecular weight is 309 g/mol. The number of carbonyl (C=O) groups is 1. The van der Waals surface area contributed by atoms with E-state index in [1.54, 1.807) is 0 Å². The summed E-state index contributed by atoms with van der Waals surface area (Å²) < 4.78 is 44.3.